The Bertz CT molecular complexity index is 970. The van der Waals surface area contributed by atoms with Gasteiger partial charge >= 0.3 is 0 Å². The normalized spacial score (nSPS) is 11.5. The number of aryl methyl sites for hydroxylation is 1. The quantitative estimate of drug-likeness (QED) is 0.186. The molecule has 5 nitrogen and oxygen atoms in total. The topological polar surface area (TPSA) is 63.7 Å². The van der Waals surface area contributed by atoms with Gasteiger partial charge in [0, 0.05) is 24.7 Å². The minimum Gasteiger partial charge on any atom is -0.315 e. The summed E-state index contributed by atoms with van der Waals surface area (Å²) >= 11 is 0. The standard InChI is InChI=1S/C28H41NO4S/c1-4-5-6-7-8-9-10-11-12-13-18-28(30)29(3)27-17-15-14-16-25(27)23-33-34(31,32)26-21-19-24(2)20-22-26/h14-17,19-22H,4-13,18,23H2,1-3H3. The molecule has 34 heavy (non-hydrogen) atoms. The molecule has 2 aromatic rings. The van der Waals surface area contributed by atoms with Gasteiger partial charge in [0.1, 0.15) is 0 Å². The van der Waals surface area contributed by atoms with Gasteiger partial charge in [0.2, 0.25) is 5.91 Å². The number of benzene rings is 2. The SMILES string of the molecule is CCCCCCCCCCCCC(=O)N(C)c1ccccc1COS(=O)(=O)c1ccc(C)cc1. The van der Waals surface area contributed by atoms with Crippen molar-refractivity contribution >= 4 is 21.7 Å². The van der Waals surface area contributed by atoms with E-state index >= 15 is 0 Å². The van der Waals surface area contributed by atoms with Gasteiger partial charge in [-0.1, -0.05) is 101 Å². The first-order chi connectivity index (χ1) is 16.3. The summed E-state index contributed by atoms with van der Waals surface area (Å²) in [6.07, 6.45) is 12.8. The molecule has 188 valence electrons. The Morgan fingerprint density at radius 1 is 0.824 bits per heavy atom. The highest BCUT2D eigenvalue weighted by molar-refractivity contribution is 7.86. The summed E-state index contributed by atoms with van der Waals surface area (Å²) < 4.78 is 30.4. The summed E-state index contributed by atoms with van der Waals surface area (Å²) in [5, 5.41) is 0. The molecule has 0 aliphatic carbocycles. The summed E-state index contributed by atoms with van der Waals surface area (Å²) in [7, 11) is -2.13. The number of para-hydroxylation sites is 1. The minimum absolute atomic E-state index is 0.0356. The van der Waals surface area contributed by atoms with E-state index in [1.54, 1.807) is 42.3 Å². The number of nitrogens with zero attached hydrogens (tertiary/aromatic N) is 1. The van der Waals surface area contributed by atoms with Crippen LogP contribution in [0.5, 0.6) is 0 Å². The van der Waals surface area contributed by atoms with Crippen molar-refractivity contribution in [3.05, 3.63) is 59.7 Å². The Hall–Kier alpha value is -2.18. The van der Waals surface area contributed by atoms with Crippen LogP contribution < -0.4 is 4.90 Å². The monoisotopic (exact) mass is 487 g/mol. The maximum absolute atomic E-state index is 12.8. The number of unbranched alkanes of at least 4 members (excludes halogenated alkanes) is 9. The van der Waals surface area contributed by atoms with Crippen molar-refractivity contribution < 1.29 is 17.4 Å². The van der Waals surface area contributed by atoms with Crippen molar-refractivity contribution in [2.45, 2.75) is 96.0 Å². The van der Waals surface area contributed by atoms with E-state index in [1.807, 2.05) is 25.1 Å². The predicted octanol–water partition coefficient (Wildman–Crippen LogP) is 7.17. The van der Waals surface area contributed by atoms with Crippen LogP contribution in [-0.4, -0.2) is 21.4 Å². The van der Waals surface area contributed by atoms with E-state index in [1.165, 1.54) is 51.4 Å². The molecule has 0 N–H and O–H groups in total. The predicted molar refractivity (Wildman–Crippen MR) is 139 cm³/mol. The van der Waals surface area contributed by atoms with Crippen LogP contribution in [0.25, 0.3) is 0 Å². The van der Waals surface area contributed by atoms with Crippen molar-refractivity contribution in [2.24, 2.45) is 0 Å². The second kappa shape index (κ2) is 14.9. The van der Waals surface area contributed by atoms with Crippen LogP contribution in [0.4, 0.5) is 5.69 Å². The van der Waals surface area contributed by atoms with Gasteiger partial charge in [-0.15, -0.1) is 0 Å². The number of carbonyl (C=O) groups is 1. The van der Waals surface area contributed by atoms with E-state index in [9.17, 15) is 13.2 Å². The first-order valence-corrected chi connectivity index (χ1v) is 14.1. The fourth-order valence-electron chi connectivity index (χ4n) is 3.94. The van der Waals surface area contributed by atoms with Gasteiger partial charge < -0.3 is 4.90 Å². The van der Waals surface area contributed by atoms with Crippen molar-refractivity contribution in [1.29, 1.82) is 0 Å². The molecule has 0 aliphatic heterocycles. The van der Waals surface area contributed by atoms with Crippen LogP contribution in [0.3, 0.4) is 0 Å². The zero-order valence-electron chi connectivity index (χ0n) is 21.1. The summed E-state index contributed by atoms with van der Waals surface area (Å²) in [4.78, 5) is 14.5. The molecule has 6 heteroatoms. The first-order valence-electron chi connectivity index (χ1n) is 12.7. The van der Waals surface area contributed by atoms with Crippen LogP contribution in [-0.2, 0) is 25.7 Å². The fraction of sp³-hybridized carbons (Fsp3) is 0.536. The van der Waals surface area contributed by atoms with E-state index in [2.05, 4.69) is 6.92 Å². The molecule has 0 unspecified atom stereocenters. The van der Waals surface area contributed by atoms with E-state index in [-0.39, 0.29) is 17.4 Å². The molecule has 2 rings (SSSR count). The highest BCUT2D eigenvalue weighted by Crippen LogP contribution is 2.24. The highest BCUT2D eigenvalue weighted by atomic mass is 32.2. The third-order valence-corrected chi connectivity index (χ3v) is 7.43. The average Bonchev–Trinajstić information content (AvgIpc) is 2.84. The summed E-state index contributed by atoms with van der Waals surface area (Å²) in [5.41, 5.74) is 2.32. The molecular formula is C28H41NO4S. The highest BCUT2D eigenvalue weighted by Gasteiger charge is 2.18. The lowest BCUT2D eigenvalue weighted by molar-refractivity contribution is -0.118. The summed E-state index contributed by atoms with van der Waals surface area (Å²) in [6, 6.07) is 13.8. The zero-order valence-corrected chi connectivity index (χ0v) is 21.9. The van der Waals surface area contributed by atoms with E-state index < -0.39 is 10.1 Å². The largest absolute Gasteiger partial charge is 0.315 e. The van der Waals surface area contributed by atoms with Gasteiger partial charge in [-0.25, -0.2) is 0 Å². The first kappa shape index (κ1) is 28.1. The number of rotatable bonds is 16. The zero-order chi connectivity index (χ0) is 24.8. The number of hydrogen-bond donors (Lipinski definition) is 0. The van der Waals surface area contributed by atoms with Crippen LogP contribution >= 0.6 is 0 Å². The van der Waals surface area contributed by atoms with E-state index in [4.69, 9.17) is 4.18 Å². The molecule has 0 fully saturated rings. The van der Waals surface area contributed by atoms with Crippen LogP contribution in [0.2, 0.25) is 0 Å². The average molecular weight is 488 g/mol. The van der Waals surface area contributed by atoms with E-state index in [0.717, 1.165) is 18.4 Å². The molecule has 0 aromatic heterocycles. The molecule has 0 atom stereocenters. The maximum atomic E-state index is 12.8. The van der Waals surface area contributed by atoms with E-state index in [0.29, 0.717) is 17.7 Å². The molecular weight excluding hydrogens is 446 g/mol. The minimum atomic E-state index is -3.87. The lowest BCUT2D eigenvalue weighted by Crippen LogP contribution is -2.27. The van der Waals surface area contributed by atoms with Gasteiger partial charge in [0.25, 0.3) is 10.1 Å². The molecule has 0 bridgehead atoms. The number of anilines is 1. The molecule has 2 aromatic carbocycles. The lowest BCUT2D eigenvalue weighted by Gasteiger charge is -2.21. The molecule has 0 saturated heterocycles. The molecule has 0 spiro atoms. The molecule has 0 radical (unpaired) electrons. The van der Waals surface area contributed by atoms with Crippen molar-refractivity contribution in [3.63, 3.8) is 0 Å². The van der Waals surface area contributed by atoms with Gasteiger partial charge in [0.15, 0.2) is 0 Å². The number of amides is 1. The van der Waals surface area contributed by atoms with Gasteiger partial charge in [-0.2, -0.15) is 8.42 Å². The number of hydrogen-bond acceptors (Lipinski definition) is 4. The van der Waals surface area contributed by atoms with Gasteiger partial charge in [-0.05, 0) is 31.5 Å². The summed E-state index contributed by atoms with van der Waals surface area (Å²) in [5.74, 6) is 0.0356. The second-order valence-electron chi connectivity index (χ2n) is 9.04. The van der Waals surface area contributed by atoms with Gasteiger partial charge in [0.05, 0.1) is 11.5 Å². The Labute approximate surface area is 206 Å². The third kappa shape index (κ3) is 9.59. The Balaban J connectivity index is 1.80. The maximum Gasteiger partial charge on any atom is 0.297 e. The van der Waals surface area contributed by atoms with Gasteiger partial charge in [-0.3, -0.25) is 8.98 Å². The van der Waals surface area contributed by atoms with Crippen molar-refractivity contribution in [2.75, 3.05) is 11.9 Å². The Morgan fingerprint density at radius 3 is 2.00 bits per heavy atom. The third-order valence-electron chi connectivity index (χ3n) is 6.15. The van der Waals surface area contributed by atoms with Crippen LogP contribution in [0.1, 0.15) is 88.7 Å². The Morgan fingerprint density at radius 2 is 1.38 bits per heavy atom. The van der Waals surface area contributed by atoms with Crippen LogP contribution in [0, 0.1) is 6.92 Å². The molecule has 0 heterocycles. The lowest BCUT2D eigenvalue weighted by atomic mass is 10.1. The number of carbonyl (C=O) groups excluding carboxylic acids is 1. The van der Waals surface area contributed by atoms with Crippen LogP contribution in [0.15, 0.2) is 53.4 Å². The molecule has 1 amide bonds. The second-order valence-corrected chi connectivity index (χ2v) is 10.7. The van der Waals surface area contributed by atoms with Crippen molar-refractivity contribution in [1.82, 2.24) is 0 Å². The summed E-state index contributed by atoms with van der Waals surface area (Å²) in [6.45, 7) is 4.01. The molecule has 0 aliphatic rings. The Kier molecular flexibility index (Phi) is 12.3. The van der Waals surface area contributed by atoms with Crippen molar-refractivity contribution in [3.8, 4) is 0 Å². The smallest absolute Gasteiger partial charge is 0.297 e. The molecule has 0 saturated carbocycles. The fourth-order valence-corrected chi connectivity index (χ4v) is 4.83.